The summed E-state index contributed by atoms with van der Waals surface area (Å²) >= 11 is 0. The number of nitrogens with zero attached hydrogens (tertiary/aromatic N) is 1. The molecule has 3 rings (SSSR count). The molecule has 0 aromatic heterocycles. The quantitative estimate of drug-likeness (QED) is 0.551. The van der Waals surface area contributed by atoms with Crippen molar-refractivity contribution in [2.45, 2.75) is 12.8 Å². The van der Waals surface area contributed by atoms with Crippen LogP contribution < -0.4 is 15.5 Å². The molecule has 2 N–H and O–H groups in total. The Morgan fingerprint density at radius 1 is 0.967 bits per heavy atom. The Kier molecular flexibility index (Phi) is 6.21. The zero-order valence-corrected chi connectivity index (χ0v) is 16.1. The molecular weight excluding hydrogens is 390 g/mol. The van der Waals surface area contributed by atoms with Gasteiger partial charge in [0.25, 0.3) is 11.8 Å². The fourth-order valence-corrected chi connectivity index (χ4v) is 2.91. The molecule has 0 atom stereocenters. The molecule has 9 heteroatoms. The van der Waals surface area contributed by atoms with Gasteiger partial charge in [0.05, 0.1) is 11.3 Å². The number of rotatable bonds is 6. The van der Waals surface area contributed by atoms with E-state index < -0.39 is 18.5 Å². The second kappa shape index (κ2) is 8.99. The molecule has 0 saturated carbocycles. The third kappa shape index (κ3) is 4.69. The number of carbonyl (C=O) groups excluding carboxylic acids is 5. The molecule has 1 heterocycles. The van der Waals surface area contributed by atoms with E-state index in [1.165, 1.54) is 37.4 Å². The number of nitrogens with one attached hydrogen (secondary N) is 2. The zero-order chi connectivity index (χ0) is 21.7. The number of ether oxygens (including phenoxy) is 1. The minimum Gasteiger partial charge on any atom is -0.452 e. The Morgan fingerprint density at radius 3 is 2.27 bits per heavy atom. The molecule has 0 spiro atoms. The van der Waals surface area contributed by atoms with E-state index in [0.717, 1.165) is 4.90 Å². The monoisotopic (exact) mass is 409 g/mol. The van der Waals surface area contributed by atoms with E-state index in [-0.39, 0.29) is 36.1 Å². The van der Waals surface area contributed by atoms with Crippen LogP contribution >= 0.6 is 0 Å². The molecular formula is C21H19N3O6. The molecule has 0 unspecified atom stereocenters. The van der Waals surface area contributed by atoms with Gasteiger partial charge in [-0.25, -0.2) is 4.79 Å². The van der Waals surface area contributed by atoms with E-state index in [1.807, 2.05) is 0 Å². The van der Waals surface area contributed by atoms with E-state index in [9.17, 15) is 24.0 Å². The van der Waals surface area contributed by atoms with Crippen molar-refractivity contribution in [3.8, 4) is 0 Å². The normalized spacial score (nSPS) is 13.2. The highest BCUT2D eigenvalue weighted by atomic mass is 16.5. The molecule has 0 bridgehead atoms. The summed E-state index contributed by atoms with van der Waals surface area (Å²) in [6, 6.07) is 12.1. The number of hydrogen-bond donors (Lipinski definition) is 2. The van der Waals surface area contributed by atoms with Gasteiger partial charge >= 0.3 is 5.97 Å². The Morgan fingerprint density at radius 2 is 1.63 bits per heavy atom. The standard InChI is InChI=1S/C21H19N3O6/c1-22-20(28)14-3-2-4-15(11-14)23-17(25)12-30-21(29)13-5-7-16(8-6-13)24-18(26)9-10-19(24)27/h2-8,11H,9-10,12H2,1H3,(H,22,28)(H,23,25). The van der Waals surface area contributed by atoms with Crippen LogP contribution in [0.15, 0.2) is 48.5 Å². The fraction of sp³-hybridized carbons (Fsp3) is 0.190. The van der Waals surface area contributed by atoms with Crippen molar-refractivity contribution >= 4 is 41.0 Å². The maximum absolute atomic E-state index is 12.1. The Hall–Kier alpha value is -4.01. The van der Waals surface area contributed by atoms with Crippen LogP contribution in [0, 0.1) is 0 Å². The molecule has 0 aliphatic carbocycles. The van der Waals surface area contributed by atoms with Gasteiger partial charge in [0.2, 0.25) is 11.8 Å². The van der Waals surface area contributed by atoms with Crippen molar-refractivity contribution in [3.63, 3.8) is 0 Å². The van der Waals surface area contributed by atoms with Gasteiger partial charge in [-0.2, -0.15) is 0 Å². The lowest BCUT2D eigenvalue weighted by molar-refractivity contribution is -0.121. The first kappa shape index (κ1) is 20.7. The number of amides is 4. The summed E-state index contributed by atoms with van der Waals surface area (Å²) in [7, 11) is 1.50. The molecule has 9 nitrogen and oxygen atoms in total. The van der Waals surface area contributed by atoms with Gasteiger partial charge in [-0.15, -0.1) is 0 Å². The zero-order valence-electron chi connectivity index (χ0n) is 16.1. The van der Waals surface area contributed by atoms with Gasteiger partial charge in [0.15, 0.2) is 6.61 Å². The average Bonchev–Trinajstić information content (AvgIpc) is 3.09. The van der Waals surface area contributed by atoms with Gasteiger partial charge in [0, 0.05) is 31.1 Å². The van der Waals surface area contributed by atoms with Crippen LogP contribution in [0.4, 0.5) is 11.4 Å². The van der Waals surface area contributed by atoms with E-state index in [2.05, 4.69) is 10.6 Å². The minimum absolute atomic E-state index is 0.170. The van der Waals surface area contributed by atoms with Crippen LogP contribution in [0.3, 0.4) is 0 Å². The van der Waals surface area contributed by atoms with Crippen LogP contribution in [0.1, 0.15) is 33.6 Å². The number of esters is 1. The molecule has 2 aromatic carbocycles. The predicted octanol–water partition coefficient (Wildman–Crippen LogP) is 1.50. The van der Waals surface area contributed by atoms with Gasteiger partial charge < -0.3 is 15.4 Å². The number of anilines is 2. The van der Waals surface area contributed by atoms with Crippen molar-refractivity contribution in [2.75, 3.05) is 23.9 Å². The third-order valence-electron chi connectivity index (χ3n) is 4.38. The van der Waals surface area contributed by atoms with Crippen molar-refractivity contribution in [3.05, 3.63) is 59.7 Å². The summed E-state index contributed by atoms with van der Waals surface area (Å²) in [6.45, 7) is -0.520. The number of carbonyl (C=O) groups is 5. The summed E-state index contributed by atoms with van der Waals surface area (Å²) in [6.07, 6.45) is 0.341. The fourth-order valence-electron chi connectivity index (χ4n) is 2.91. The van der Waals surface area contributed by atoms with Crippen molar-refractivity contribution in [2.24, 2.45) is 0 Å². The van der Waals surface area contributed by atoms with Crippen LogP contribution in [0.25, 0.3) is 0 Å². The van der Waals surface area contributed by atoms with Crippen LogP contribution in [0.5, 0.6) is 0 Å². The number of benzene rings is 2. The highest BCUT2D eigenvalue weighted by molar-refractivity contribution is 6.19. The molecule has 154 valence electrons. The van der Waals surface area contributed by atoms with Crippen molar-refractivity contribution in [1.29, 1.82) is 0 Å². The lowest BCUT2D eigenvalue weighted by atomic mass is 10.2. The smallest absolute Gasteiger partial charge is 0.338 e. The Balaban J connectivity index is 1.55. The maximum Gasteiger partial charge on any atom is 0.338 e. The van der Waals surface area contributed by atoms with Gasteiger partial charge in [-0.05, 0) is 42.5 Å². The average molecular weight is 409 g/mol. The lowest BCUT2D eigenvalue weighted by Gasteiger charge is -2.14. The summed E-state index contributed by atoms with van der Waals surface area (Å²) in [4.78, 5) is 60.4. The summed E-state index contributed by atoms with van der Waals surface area (Å²) in [5, 5.41) is 5.03. The topological polar surface area (TPSA) is 122 Å². The van der Waals surface area contributed by atoms with E-state index in [4.69, 9.17) is 4.74 Å². The first-order chi connectivity index (χ1) is 14.4. The Bertz CT molecular complexity index is 1000. The van der Waals surface area contributed by atoms with Crippen LogP contribution in [-0.4, -0.2) is 43.3 Å². The Labute approximate surface area is 172 Å². The van der Waals surface area contributed by atoms with Gasteiger partial charge in [-0.3, -0.25) is 24.1 Å². The van der Waals surface area contributed by atoms with Gasteiger partial charge in [-0.1, -0.05) is 6.07 Å². The second-order valence-electron chi connectivity index (χ2n) is 6.45. The first-order valence-corrected chi connectivity index (χ1v) is 9.14. The summed E-state index contributed by atoms with van der Waals surface area (Å²) in [5.74, 6) is -2.16. The minimum atomic E-state index is -0.727. The molecule has 2 aromatic rings. The number of hydrogen-bond acceptors (Lipinski definition) is 6. The van der Waals surface area contributed by atoms with Gasteiger partial charge in [0.1, 0.15) is 0 Å². The summed E-state index contributed by atoms with van der Waals surface area (Å²) < 4.78 is 4.99. The highest BCUT2D eigenvalue weighted by Gasteiger charge is 2.30. The predicted molar refractivity (Wildman–Crippen MR) is 107 cm³/mol. The van der Waals surface area contributed by atoms with E-state index in [0.29, 0.717) is 16.9 Å². The van der Waals surface area contributed by atoms with E-state index in [1.54, 1.807) is 18.2 Å². The highest BCUT2D eigenvalue weighted by Crippen LogP contribution is 2.23. The first-order valence-electron chi connectivity index (χ1n) is 9.14. The molecule has 1 aliphatic rings. The van der Waals surface area contributed by atoms with Crippen LogP contribution in [0.2, 0.25) is 0 Å². The van der Waals surface area contributed by atoms with Crippen molar-refractivity contribution < 1.29 is 28.7 Å². The molecule has 30 heavy (non-hydrogen) atoms. The van der Waals surface area contributed by atoms with E-state index >= 15 is 0 Å². The third-order valence-corrected chi connectivity index (χ3v) is 4.38. The largest absolute Gasteiger partial charge is 0.452 e. The van der Waals surface area contributed by atoms with Crippen LogP contribution in [-0.2, 0) is 19.1 Å². The molecule has 1 saturated heterocycles. The van der Waals surface area contributed by atoms with Crippen molar-refractivity contribution in [1.82, 2.24) is 5.32 Å². The molecule has 0 radical (unpaired) electrons. The lowest BCUT2D eigenvalue weighted by Crippen LogP contribution is -2.28. The molecule has 1 fully saturated rings. The maximum atomic E-state index is 12.1. The SMILES string of the molecule is CNC(=O)c1cccc(NC(=O)COC(=O)c2ccc(N3C(=O)CCC3=O)cc2)c1. The number of imide groups is 1. The summed E-state index contributed by atoms with van der Waals surface area (Å²) in [5.41, 5.74) is 1.32. The molecule has 1 aliphatic heterocycles. The molecule has 4 amide bonds. The second-order valence-corrected chi connectivity index (χ2v) is 6.45.